The third kappa shape index (κ3) is 2.49. The van der Waals surface area contributed by atoms with E-state index in [1.54, 1.807) is 0 Å². The minimum Gasteiger partial charge on any atom is -0.366 e. The highest BCUT2D eigenvalue weighted by molar-refractivity contribution is 5.54. The molecule has 0 bridgehead atoms. The molecule has 1 N–H and O–H groups in total. The Bertz CT molecular complexity index is 573. The summed E-state index contributed by atoms with van der Waals surface area (Å²) in [6.07, 6.45) is 2.12. The molecule has 0 saturated carbocycles. The molecule has 100 valence electrons. The largest absolute Gasteiger partial charge is 0.366 e. The lowest BCUT2D eigenvalue weighted by Gasteiger charge is -2.24. The van der Waals surface area contributed by atoms with Crippen molar-refractivity contribution in [3.05, 3.63) is 47.3 Å². The van der Waals surface area contributed by atoms with Gasteiger partial charge in [-0.3, -0.25) is 4.68 Å². The molecule has 0 radical (unpaired) electrons. The van der Waals surface area contributed by atoms with Crippen LogP contribution in [0.25, 0.3) is 0 Å². The number of nitrogens with zero attached hydrogens (tertiary/aromatic N) is 3. The summed E-state index contributed by atoms with van der Waals surface area (Å²) in [4.78, 5) is 2.44. The van der Waals surface area contributed by atoms with E-state index in [0.717, 1.165) is 31.9 Å². The van der Waals surface area contributed by atoms with Gasteiger partial charge in [0.25, 0.3) is 0 Å². The normalized spacial score (nSPS) is 15.2. The molecule has 0 aliphatic carbocycles. The quantitative estimate of drug-likeness (QED) is 0.890. The van der Waals surface area contributed by atoms with Gasteiger partial charge < -0.3 is 10.2 Å². The standard InChI is InChI=1S/C15H20N4/c1-12-14(10-18(2)17-12)11-19-8-7-16-9-13-5-3-4-6-15(13)19/h3-6,10,16H,7-9,11H2,1-2H3. The van der Waals surface area contributed by atoms with E-state index in [1.807, 2.05) is 11.7 Å². The van der Waals surface area contributed by atoms with Gasteiger partial charge in [0.15, 0.2) is 0 Å². The Morgan fingerprint density at radius 3 is 2.95 bits per heavy atom. The van der Waals surface area contributed by atoms with Crippen LogP contribution in [-0.4, -0.2) is 22.9 Å². The van der Waals surface area contributed by atoms with E-state index < -0.39 is 0 Å². The van der Waals surface area contributed by atoms with Gasteiger partial charge in [0, 0.05) is 50.7 Å². The van der Waals surface area contributed by atoms with Crippen molar-refractivity contribution >= 4 is 5.69 Å². The SMILES string of the molecule is Cc1nn(C)cc1CN1CCNCc2ccccc21. The molecular formula is C15H20N4. The Hall–Kier alpha value is -1.81. The lowest BCUT2D eigenvalue weighted by molar-refractivity contribution is 0.687. The second kappa shape index (κ2) is 5.05. The van der Waals surface area contributed by atoms with E-state index in [0.29, 0.717) is 0 Å². The molecule has 1 aromatic carbocycles. The zero-order valence-corrected chi connectivity index (χ0v) is 11.6. The van der Waals surface area contributed by atoms with Crippen molar-refractivity contribution in [2.75, 3.05) is 18.0 Å². The lowest BCUT2D eigenvalue weighted by atomic mass is 10.1. The van der Waals surface area contributed by atoms with Crippen molar-refractivity contribution in [3.63, 3.8) is 0 Å². The van der Waals surface area contributed by atoms with Crippen LogP contribution in [0.4, 0.5) is 5.69 Å². The van der Waals surface area contributed by atoms with Crippen LogP contribution in [0.2, 0.25) is 0 Å². The van der Waals surface area contributed by atoms with Crippen molar-refractivity contribution in [1.29, 1.82) is 0 Å². The molecule has 0 amide bonds. The van der Waals surface area contributed by atoms with E-state index in [4.69, 9.17) is 0 Å². The molecule has 0 unspecified atom stereocenters. The van der Waals surface area contributed by atoms with Gasteiger partial charge in [0.2, 0.25) is 0 Å². The van der Waals surface area contributed by atoms with Gasteiger partial charge >= 0.3 is 0 Å². The number of rotatable bonds is 2. The predicted molar refractivity (Wildman–Crippen MR) is 77.1 cm³/mol. The van der Waals surface area contributed by atoms with Crippen LogP contribution in [0.5, 0.6) is 0 Å². The maximum absolute atomic E-state index is 4.43. The van der Waals surface area contributed by atoms with E-state index in [1.165, 1.54) is 16.8 Å². The van der Waals surface area contributed by atoms with Crippen molar-refractivity contribution in [1.82, 2.24) is 15.1 Å². The molecule has 0 fully saturated rings. The van der Waals surface area contributed by atoms with Gasteiger partial charge in [-0.15, -0.1) is 0 Å². The zero-order valence-electron chi connectivity index (χ0n) is 11.6. The first kappa shape index (κ1) is 12.2. The number of anilines is 1. The Balaban J connectivity index is 1.90. The van der Waals surface area contributed by atoms with Crippen molar-refractivity contribution in [2.45, 2.75) is 20.0 Å². The number of hydrogen-bond acceptors (Lipinski definition) is 3. The second-order valence-electron chi connectivity index (χ2n) is 5.14. The molecule has 2 aromatic rings. The summed E-state index contributed by atoms with van der Waals surface area (Å²) in [5.74, 6) is 0. The number of aryl methyl sites for hydroxylation is 2. The highest BCUT2D eigenvalue weighted by atomic mass is 15.3. The molecule has 19 heavy (non-hydrogen) atoms. The van der Waals surface area contributed by atoms with Crippen LogP contribution in [0.15, 0.2) is 30.5 Å². The van der Waals surface area contributed by atoms with E-state index in [9.17, 15) is 0 Å². The third-order valence-corrected chi connectivity index (χ3v) is 3.68. The monoisotopic (exact) mass is 256 g/mol. The fourth-order valence-electron chi connectivity index (χ4n) is 2.70. The minimum atomic E-state index is 0.929. The molecule has 2 heterocycles. The van der Waals surface area contributed by atoms with Gasteiger partial charge in [0.1, 0.15) is 0 Å². The first-order valence-electron chi connectivity index (χ1n) is 6.77. The molecule has 0 saturated heterocycles. The van der Waals surface area contributed by atoms with Gasteiger partial charge in [0.05, 0.1) is 5.69 Å². The molecule has 3 rings (SSSR count). The maximum Gasteiger partial charge on any atom is 0.0643 e. The molecular weight excluding hydrogens is 236 g/mol. The van der Waals surface area contributed by atoms with Crippen molar-refractivity contribution in [3.8, 4) is 0 Å². The van der Waals surface area contributed by atoms with E-state index in [-0.39, 0.29) is 0 Å². The fraction of sp³-hybridized carbons (Fsp3) is 0.400. The second-order valence-corrected chi connectivity index (χ2v) is 5.14. The van der Waals surface area contributed by atoms with Gasteiger partial charge in [-0.1, -0.05) is 18.2 Å². The smallest absolute Gasteiger partial charge is 0.0643 e. The molecule has 0 atom stereocenters. The number of fused-ring (bicyclic) bond motifs is 1. The summed E-state index contributed by atoms with van der Waals surface area (Å²) in [6.45, 7) is 6.02. The van der Waals surface area contributed by atoms with Crippen LogP contribution in [0, 0.1) is 6.92 Å². The average Bonchev–Trinajstić information content (AvgIpc) is 2.61. The molecule has 0 spiro atoms. The Morgan fingerprint density at radius 1 is 1.32 bits per heavy atom. The molecule has 4 heteroatoms. The van der Waals surface area contributed by atoms with Crippen molar-refractivity contribution in [2.24, 2.45) is 7.05 Å². The summed E-state index contributed by atoms with van der Waals surface area (Å²) in [6, 6.07) is 8.65. The van der Waals surface area contributed by atoms with Gasteiger partial charge in [-0.25, -0.2) is 0 Å². The predicted octanol–water partition coefficient (Wildman–Crippen LogP) is 1.84. The van der Waals surface area contributed by atoms with E-state index in [2.05, 4.69) is 52.7 Å². The van der Waals surface area contributed by atoms with E-state index >= 15 is 0 Å². The molecule has 1 aliphatic rings. The van der Waals surface area contributed by atoms with Crippen LogP contribution in [-0.2, 0) is 20.1 Å². The third-order valence-electron chi connectivity index (χ3n) is 3.68. The summed E-state index contributed by atoms with van der Waals surface area (Å²) in [5.41, 5.74) is 5.15. The maximum atomic E-state index is 4.43. The van der Waals surface area contributed by atoms with Gasteiger partial charge in [-0.2, -0.15) is 5.10 Å². The summed E-state index contributed by atoms with van der Waals surface area (Å²) < 4.78 is 1.90. The molecule has 4 nitrogen and oxygen atoms in total. The van der Waals surface area contributed by atoms with Gasteiger partial charge in [-0.05, 0) is 18.6 Å². The lowest BCUT2D eigenvalue weighted by Crippen LogP contribution is -2.28. The van der Waals surface area contributed by atoms with Crippen LogP contribution in [0.3, 0.4) is 0 Å². The van der Waals surface area contributed by atoms with Crippen LogP contribution < -0.4 is 10.2 Å². The fourth-order valence-corrected chi connectivity index (χ4v) is 2.70. The average molecular weight is 256 g/mol. The Labute approximate surface area is 114 Å². The molecule has 1 aromatic heterocycles. The number of aromatic nitrogens is 2. The van der Waals surface area contributed by atoms with Crippen LogP contribution >= 0.6 is 0 Å². The Kier molecular flexibility index (Phi) is 3.25. The number of para-hydroxylation sites is 1. The number of hydrogen-bond donors (Lipinski definition) is 1. The van der Waals surface area contributed by atoms with Crippen molar-refractivity contribution < 1.29 is 0 Å². The van der Waals surface area contributed by atoms with Crippen LogP contribution in [0.1, 0.15) is 16.8 Å². The topological polar surface area (TPSA) is 33.1 Å². The Morgan fingerprint density at radius 2 is 2.16 bits per heavy atom. The summed E-state index contributed by atoms with van der Waals surface area (Å²) >= 11 is 0. The first-order valence-corrected chi connectivity index (χ1v) is 6.77. The summed E-state index contributed by atoms with van der Waals surface area (Å²) in [7, 11) is 1.98. The zero-order chi connectivity index (χ0) is 13.2. The number of benzene rings is 1. The minimum absolute atomic E-state index is 0.929. The first-order chi connectivity index (χ1) is 9.24. The highest BCUT2D eigenvalue weighted by Gasteiger charge is 2.16. The molecule has 1 aliphatic heterocycles. The summed E-state index contributed by atoms with van der Waals surface area (Å²) in [5, 5.41) is 7.91. The highest BCUT2D eigenvalue weighted by Crippen LogP contribution is 2.24. The number of nitrogens with one attached hydrogen (secondary N) is 1.